The van der Waals surface area contributed by atoms with E-state index in [-0.39, 0.29) is 17.9 Å². The predicted octanol–water partition coefficient (Wildman–Crippen LogP) is 2.66. The van der Waals surface area contributed by atoms with Crippen LogP contribution < -0.4 is 15.1 Å². The summed E-state index contributed by atoms with van der Waals surface area (Å²) >= 11 is 0. The molecule has 0 aliphatic carbocycles. The third-order valence-electron chi connectivity index (χ3n) is 5.68. The summed E-state index contributed by atoms with van der Waals surface area (Å²) in [4.78, 5) is 28.1. The van der Waals surface area contributed by atoms with Crippen molar-refractivity contribution >= 4 is 28.3 Å². The van der Waals surface area contributed by atoms with Gasteiger partial charge >= 0.3 is 0 Å². The Labute approximate surface area is 178 Å². The van der Waals surface area contributed by atoms with Crippen molar-refractivity contribution in [3.05, 3.63) is 77.9 Å². The molecule has 1 unspecified atom stereocenters. The highest BCUT2D eigenvalue weighted by Crippen LogP contribution is 2.27. The summed E-state index contributed by atoms with van der Waals surface area (Å²) in [6.45, 7) is 5.31. The fourth-order valence-electron chi connectivity index (χ4n) is 3.73. The quantitative estimate of drug-likeness (QED) is 0.636. The lowest BCUT2D eigenvalue weighted by molar-refractivity contribution is -0.908. The Morgan fingerprint density at radius 3 is 2.33 bits per heavy atom. The number of rotatable bonds is 7. The monoisotopic (exact) mass is 404 g/mol. The van der Waals surface area contributed by atoms with Crippen molar-refractivity contribution in [2.24, 2.45) is 0 Å². The molecule has 5 nitrogen and oxygen atoms in total. The van der Waals surface area contributed by atoms with Crippen LogP contribution in [0.3, 0.4) is 0 Å². The molecule has 2 atom stereocenters. The highest BCUT2D eigenvalue weighted by molar-refractivity contribution is 6.04. The van der Waals surface area contributed by atoms with Crippen LogP contribution in [0.4, 0.5) is 5.69 Å². The van der Waals surface area contributed by atoms with E-state index in [0.717, 1.165) is 26.9 Å². The van der Waals surface area contributed by atoms with Crippen molar-refractivity contribution in [2.75, 3.05) is 25.5 Å². The van der Waals surface area contributed by atoms with Crippen LogP contribution in [0.1, 0.15) is 29.8 Å². The van der Waals surface area contributed by atoms with Gasteiger partial charge in [0.15, 0.2) is 6.04 Å². The van der Waals surface area contributed by atoms with Gasteiger partial charge in [0.25, 0.3) is 11.8 Å². The molecular formula is C25H30N3O2+. The van der Waals surface area contributed by atoms with E-state index in [1.54, 1.807) is 7.05 Å². The molecule has 0 aromatic heterocycles. The van der Waals surface area contributed by atoms with E-state index in [1.807, 2.05) is 74.3 Å². The van der Waals surface area contributed by atoms with Gasteiger partial charge in [0, 0.05) is 30.1 Å². The molecule has 0 spiro atoms. The normalized spacial score (nSPS) is 12.9. The highest BCUT2D eigenvalue weighted by atomic mass is 16.2. The zero-order valence-electron chi connectivity index (χ0n) is 18.1. The van der Waals surface area contributed by atoms with Crippen molar-refractivity contribution < 1.29 is 14.5 Å². The van der Waals surface area contributed by atoms with Gasteiger partial charge < -0.3 is 15.1 Å². The number of hydrogen-bond donors (Lipinski definition) is 2. The Kier molecular flexibility index (Phi) is 6.85. The van der Waals surface area contributed by atoms with Crippen LogP contribution in [-0.2, 0) is 11.3 Å². The van der Waals surface area contributed by atoms with Gasteiger partial charge in [-0.25, -0.2) is 0 Å². The average molecular weight is 405 g/mol. The van der Waals surface area contributed by atoms with Crippen LogP contribution in [0.2, 0.25) is 0 Å². The van der Waals surface area contributed by atoms with Gasteiger partial charge in [0.1, 0.15) is 6.54 Å². The molecule has 156 valence electrons. The van der Waals surface area contributed by atoms with Crippen molar-refractivity contribution in [1.82, 2.24) is 5.32 Å². The first-order valence-electron chi connectivity index (χ1n) is 10.4. The first kappa shape index (κ1) is 21.5. The number of nitrogens with zero attached hydrogens (tertiary/aromatic N) is 1. The standard InChI is InChI=1S/C25H29N3O2/c1-5-28(23-12-8-10-20-9-6-7-11-22(20)23)25(30)18(2)27(4)17-19-13-15-21(16-14-19)24(29)26-3/h6-16,18H,5,17H2,1-4H3,(H,26,29)/p+1/t18-/m1/s1. The largest absolute Gasteiger partial charge is 0.355 e. The van der Waals surface area contributed by atoms with Crippen LogP contribution in [0, 0.1) is 0 Å². The van der Waals surface area contributed by atoms with Crippen LogP contribution in [0.5, 0.6) is 0 Å². The van der Waals surface area contributed by atoms with Crippen molar-refractivity contribution in [2.45, 2.75) is 26.4 Å². The van der Waals surface area contributed by atoms with Crippen molar-refractivity contribution in [1.29, 1.82) is 0 Å². The van der Waals surface area contributed by atoms with E-state index in [0.29, 0.717) is 18.7 Å². The van der Waals surface area contributed by atoms with Crippen LogP contribution >= 0.6 is 0 Å². The molecule has 0 aliphatic heterocycles. The molecule has 0 saturated heterocycles. The molecular weight excluding hydrogens is 374 g/mol. The number of carbonyl (C=O) groups excluding carboxylic acids is 2. The Balaban J connectivity index is 1.76. The fraction of sp³-hybridized carbons (Fsp3) is 0.280. The summed E-state index contributed by atoms with van der Waals surface area (Å²) in [5.41, 5.74) is 2.68. The first-order chi connectivity index (χ1) is 14.5. The molecule has 3 aromatic rings. The molecule has 0 heterocycles. The van der Waals surface area contributed by atoms with Crippen molar-refractivity contribution in [3.63, 3.8) is 0 Å². The van der Waals surface area contributed by atoms with Gasteiger partial charge in [-0.3, -0.25) is 9.59 Å². The number of likely N-dealkylation sites (N-methyl/N-ethyl adjacent to an activating group) is 2. The Bertz CT molecular complexity index is 1020. The molecule has 2 N–H and O–H groups in total. The minimum atomic E-state index is -0.206. The average Bonchev–Trinajstić information content (AvgIpc) is 2.79. The smallest absolute Gasteiger partial charge is 0.284 e. The molecule has 3 rings (SSSR count). The summed E-state index contributed by atoms with van der Waals surface area (Å²) in [6, 6.07) is 21.6. The lowest BCUT2D eigenvalue weighted by Crippen LogP contribution is -3.12. The Hall–Kier alpha value is -3.18. The summed E-state index contributed by atoms with van der Waals surface area (Å²) in [6.07, 6.45) is 0. The van der Waals surface area contributed by atoms with Gasteiger partial charge in [-0.05, 0) is 37.4 Å². The maximum absolute atomic E-state index is 13.4. The van der Waals surface area contributed by atoms with Gasteiger partial charge in [-0.15, -0.1) is 0 Å². The molecule has 30 heavy (non-hydrogen) atoms. The van der Waals surface area contributed by atoms with Gasteiger partial charge in [-0.1, -0.05) is 48.5 Å². The number of carbonyl (C=O) groups is 2. The van der Waals surface area contributed by atoms with E-state index < -0.39 is 0 Å². The third-order valence-corrected chi connectivity index (χ3v) is 5.68. The van der Waals surface area contributed by atoms with Gasteiger partial charge in [0.05, 0.1) is 12.7 Å². The summed E-state index contributed by atoms with van der Waals surface area (Å²) in [5, 5.41) is 4.85. The zero-order valence-corrected chi connectivity index (χ0v) is 18.1. The minimum Gasteiger partial charge on any atom is -0.355 e. The lowest BCUT2D eigenvalue weighted by Gasteiger charge is -2.28. The minimum absolute atomic E-state index is 0.0977. The number of anilines is 1. The zero-order chi connectivity index (χ0) is 21.7. The number of nitrogens with one attached hydrogen (secondary N) is 2. The predicted molar refractivity (Wildman–Crippen MR) is 122 cm³/mol. The maximum Gasteiger partial charge on any atom is 0.284 e. The summed E-state index contributed by atoms with van der Waals surface area (Å²) < 4.78 is 0. The maximum atomic E-state index is 13.4. The summed E-state index contributed by atoms with van der Waals surface area (Å²) in [7, 11) is 3.66. The second-order valence-corrected chi connectivity index (χ2v) is 7.60. The van der Waals surface area contributed by atoms with Gasteiger partial charge in [-0.2, -0.15) is 0 Å². The molecule has 2 amide bonds. The molecule has 0 radical (unpaired) electrons. The van der Waals surface area contributed by atoms with Crippen LogP contribution in [0.15, 0.2) is 66.7 Å². The van der Waals surface area contributed by atoms with E-state index in [1.165, 1.54) is 0 Å². The van der Waals surface area contributed by atoms with Crippen LogP contribution in [-0.4, -0.2) is 38.5 Å². The molecule has 0 saturated carbocycles. The second kappa shape index (κ2) is 9.55. The van der Waals surface area contributed by atoms with Crippen molar-refractivity contribution in [3.8, 4) is 0 Å². The number of fused-ring (bicyclic) bond motifs is 1. The van der Waals surface area contributed by atoms with E-state index >= 15 is 0 Å². The number of benzene rings is 3. The van der Waals surface area contributed by atoms with E-state index in [2.05, 4.69) is 23.5 Å². The Morgan fingerprint density at radius 1 is 1.00 bits per heavy atom. The lowest BCUT2D eigenvalue weighted by atomic mass is 10.1. The molecule has 0 fully saturated rings. The topological polar surface area (TPSA) is 53.9 Å². The molecule has 0 bridgehead atoms. The van der Waals surface area contributed by atoms with E-state index in [4.69, 9.17) is 0 Å². The molecule has 5 heteroatoms. The van der Waals surface area contributed by atoms with Crippen LogP contribution in [0.25, 0.3) is 10.8 Å². The third kappa shape index (κ3) is 4.52. The number of hydrogen-bond acceptors (Lipinski definition) is 2. The second-order valence-electron chi connectivity index (χ2n) is 7.60. The molecule has 3 aromatic carbocycles. The highest BCUT2D eigenvalue weighted by Gasteiger charge is 2.28. The van der Waals surface area contributed by atoms with Gasteiger partial charge in [0.2, 0.25) is 0 Å². The first-order valence-corrected chi connectivity index (χ1v) is 10.4. The number of quaternary nitrogens is 1. The fourth-order valence-corrected chi connectivity index (χ4v) is 3.73. The Morgan fingerprint density at radius 2 is 1.67 bits per heavy atom. The van der Waals surface area contributed by atoms with E-state index in [9.17, 15) is 9.59 Å². The molecule has 0 aliphatic rings. The summed E-state index contributed by atoms with van der Waals surface area (Å²) in [5.74, 6) is 0.00723. The number of amides is 2. The SMILES string of the molecule is CCN(C(=O)[C@@H](C)[NH+](C)Cc1ccc(C(=O)NC)cc1)c1cccc2ccccc12.